The Kier molecular flexibility index (Phi) is 3.58. The van der Waals surface area contributed by atoms with Crippen molar-refractivity contribution in [3.8, 4) is 5.88 Å². The summed E-state index contributed by atoms with van der Waals surface area (Å²) in [7, 11) is -2.45. The lowest BCUT2D eigenvalue weighted by Crippen LogP contribution is -2.13. The lowest BCUT2D eigenvalue weighted by atomic mass is 10.4. The van der Waals surface area contributed by atoms with Crippen LogP contribution < -0.4 is 14.3 Å². The molecule has 0 aromatic carbocycles. The van der Waals surface area contributed by atoms with Gasteiger partial charge in [0.05, 0.1) is 7.11 Å². The number of pyridine rings is 1. The first-order valence-corrected chi connectivity index (χ1v) is 7.45. The van der Waals surface area contributed by atoms with Gasteiger partial charge in [-0.25, -0.2) is 13.4 Å². The van der Waals surface area contributed by atoms with E-state index in [2.05, 4.69) is 14.7 Å². The predicted octanol–water partition coefficient (Wildman–Crippen LogP) is 0.949. The highest BCUT2D eigenvalue weighted by atomic mass is 32.2. The molecule has 0 unspecified atom stereocenters. The van der Waals surface area contributed by atoms with Gasteiger partial charge in [-0.2, -0.15) is 0 Å². The van der Waals surface area contributed by atoms with Crippen molar-refractivity contribution in [2.24, 2.45) is 0 Å². The van der Waals surface area contributed by atoms with E-state index < -0.39 is 14.9 Å². The van der Waals surface area contributed by atoms with E-state index in [1.807, 2.05) is 0 Å². The molecule has 7 nitrogen and oxygen atoms in total. The Balaban J connectivity index is 2.42. The lowest BCUT2D eigenvalue weighted by molar-refractivity contribution is 0.400. The van der Waals surface area contributed by atoms with Crippen molar-refractivity contribution in [3.05, 3.63) is 33.7 Å². The number of hydrogen-bond donors (Lipinski definition) is 2. The summed E-state index contributed by atoms with van der Waals surface area (Å²) in [6.45, 7) is 1.52. The molecule has 102 valence electrons. The largest absolute Gasteiger partial charge is 0.480 e. The van der Waals surface area contributed by atoms with Gasteiger partial charge in [0, 0.05) is 11.9 Å². The van der Waals surface area contributed by atoms with E-state index in [1.54, 1.807) is 6.07 Å². The molecule has 2 heterocycles. The normalized spacial score (nSPS) is 11.3. The molecule has 0 radical (unpaired) electrons. The van der Waals surface area contributed by atoms with Crippen LogP contribution in [0.3, 0.4) is 0 Å². The molecular weight excluding hydrogens is 290 g/mol. The minimum Gasteiger partial charge on any atom is -0.480 e. The van der Waals surface area contributed by atoms with Gasteiger partial charge in [0.2, 0.25) is 5.88 Å². The van der Waals surface area contributed by atoms with Crippen LogP contribution in [0.15, 0.2) is 27.3 Å². The first kappa shape index (κ1) is 13.6. The Bertz CT molecular complexity index is 748. The number of nitrogens with zero attached hydrogens (tertiary/aromatic N) is 1. The molecule has 0 aliphatic carbocycles. The molecule has 0 aliphatic rings. The number of H-pyrrole nitrogens is 1. The molecule has 2 aromatic heterocycles. The number of nitrogens with one attached hydrogen (secondary N) is 2. The summed E-state index contributed by atoms with van der Waals surface area (Å²) < 4.78 is 31.6. The van der Waals surface area contributed by atoms with Gasteiger partial charge >= 0.3 is 4.87 Å². The van der Waals surface area contributed by atoms with Crippen LogP contribution in [-0.2, 0) is 10.0 Å². The van der Waals surface area contributed by atoms with E-state index in [0.717, 1.165) is 0 Å². The minimum absolute atomic E-state index is 0.0524. The molecule has 0 spiro atoms. The number of anilines is 1. The number of thiazole rings is 1. The van der Waals surface area contributed by atoms with E-state index in [1.165, 1.54) is 26.3 Å². The molecule has 0 atom stereocenters. The van der Waals surface area contributed by atoms with Crippen LogP contribution >= 0.6 is 11.3 Å². The second-order valence-corrected chi connectivity index (χ2v) is 6.45. The fraction of sp³-hybridized carbons (Fsp3) is 0.200. The number of rotatable bonds is 4. The predicted molar refractivity (Wildman–Crippen MR) is 71.3 cm³/mol. The summed E-state index contributed by atoms with van der Waals surface area (Å²) in [5, 5.41) is 0. The quantitative estimate of drug-likeness (QED) is 0.875. The van der Waals surface area contributed by atoms with E-state index >= 15 is 0 Å². The Morgan fingerprint density at radius 3 is 2.79 bits per heavy atom. The second kappa shape index (κ2) is 5.02. The molecule has 0 aliphatic heterocycles. The average molecular weight is 301 g/mol. The van der Waals surface area contributed by atoms with Crippen LogP contribution in [0.5, 0.6) is 5.88 Å². The molecule has 2 aromatic rings. The van der Waals surface area contributed by atoms with Gasteiger partial charge in [0.25, 0.3) is 10.0 Å². The first-order valence-electron chi connectivity index (χ1n) is 5.15. The summed E-state index contributed by atoms with van der Waals surface area (Å²) in [6, 6.07) is 3.10. The van der Waals surface area contributed by atoms with Gasteiger partial charge in [0.15, 0.2) is 4.21 Å². The summed E-state index contributed by atoms with van der Waals surface area (Å²) in [5.74, 6) is 0.159. The van der Waals surface area contributed by atoms with Crippen molar-refractivity contribution in [1.29, 1.82) is 0 Å². The Hall–Kier alpha value is -1.87. The van der Waals surface area contributed by atoms with Crippen molar-refractivity contribution in [2.45, 2.75) is 11.1 Å². The van der Waals surface area contributed by atoms with Crippen LogP contribution in [0.4, 0.5) is 5.69 Å². The molecule has 2 N–H and O–H groups in total. The molecular formula is C10H11N3O4S2. The van der Waals surface area contributed by atoms with E-state index in [4.69, 9.17) is 4.74 Å². The van der Waals surface area contributed by atoms with Crippen LogP contribution in [0, 0.1) is 6.92 Å². The zero-order chi connectivity index (χ0) is 14.0. The monoisotopic (exact) mass is 301 g/mol. The van der Waals surface area contributed by atoms with Gasteiger partial charge < -0.3 is 9.72 Å². The number of hydrogen-bond acceptors (Lipinski definition) is 6. The number of methoxy groups -OCH3 is 1. The Labute approximate surface area is 113 Å². The van der Waals surface area contributed by atoms with Crippen LogP contribution in [0.2, 0.25) is 0 Å². The van der Waals surface area contributed by atoms with Crippen molar-refractivity contribution in [2.75, 3.05) is 11.8 Å². The summed E-state index contributed by atoms with van der Waals surface area (Å²) in [5.41, 5.74) is 0.510. The van der Waals surface area contributed by atoms with E-state index in [-0.39, 0.29) is 15.8 Å². The maximum atomic E-state index is 12.2. The molecule has 0 amide bonds. The third-order valence-corrected chi connectivity index (χ3v) is 5.20. The molecule has 0 fully saturated rings. The molecule has 9 heteroatoms. The molecule has 0 saturated carbocycles. The van der Waals surface area contributed by atoms with Gasteiger partial charge in [-0.3, -0.25) is 9.52 Å². The SMILES string of the molecule is COc1ncccc1NS(=O)(=O)c1sc(=O)[nH]c1C. The maximum Gasteiger partial charge on any atom is 0.306 e. The van der Waals surface area contributed by atoms with Crippen molar-refractivity contribution in [1.82, 2.24) is 9.97 Å². The van der Waals surface area contributed by atoms with Crippen molar-refractivity contribution < 1.29 is 13.2 Å². The highest BCUT2D eigenvalue weighted by Gasteiger charge is 2.22. The van der Waals surface area contributed by atoms with E-state index in [0.29, 0.717) is 17.0 Å². The summed E-state index contributed by atoms with van der Waals surface area (Å²) in [4.78, 5) is 17.1. The van der Waals surface area contributed by atoms with Crippen LogP contribution in [-0.4, -0.2) is 25.5 Å². The Morgan fingerprint density at radius 2 is 2.21 bits per heavy atom. The molecule has 2 rings (SSSR count). The van der Waals surface area contributed by atoms with Gasteiger partial charge in [0.1, 0.15) is 5.69 Å². The molecule has 0 bridgehead atoms. The van der Waals surface area contributed by atoms with Crippen LogP contribution in [0.1, 0.15) is 5.69 Å². The Morgan fingerprint density at radius 1 is 1.47 bits per heavy atom. The zero-order valence-corrected chi connectivity index (χ0v) is 11.8. The average Bonchev–Trinajstić information content (AvgIpc) is 2.69. The van der Waals surface area contributed by atoms with E-state index in [9.17, 15) is 13.2 Å². The smallest absolute Gasteiger partial charge is 0.306 e. The number of aryl methyl sites for hydroxylation is 1. The second-order valence-electron chi connectivity index (χ2n) is 3.59. The van der Waals surface area contributed by atoms with Crippen LogP contribution in [0.25, 0.3) is 0 Å². The number of aromatic nitrogens is 2. The molecule has 0 saturated heterocycles. The fourth-order valence-electron chi connectivity index (χ4n) is 1.47. The topological polar surface area (TPSA) is 101 Å². The van der Waals surface area contributed by atoms with Crippen molar-refractivity contribution >= 4 is 27.0 Å². The summed E-state index contributed by atoms with van der Waals surface area (Å²) >= 11 is 0.631. The third kappa shape index (κ3) is 2.76. The minimum atomic E-state index is -3.84. The number of sulfonamides is 1. The zero-order valence-electron chi connectivity index (χ0n) is 10.1. The first-order chi connectivity index (χ1) is 8.94. The summed E-state index contributed by atoms with van der Waals surface area (Å²) in [6.07, 6.45) is 1.48. The van der Waals surface area contributed by atoms with Crippen molar-refractivity contribution in [3.63, 3.8) is 0 Å². The maximum absolute atomic E-state index is 12.2. The number of aromatic amines is 1. The van der Waals surface area contributed by atoms with Gasteiger partial charge in [-0.05, 0) is 19.1 Å². The standard InChI is InChI=1S/C10H11N3O4S2/c1-6-9(18-10(14)12-6)19(15,16)13-7-4-3-5-11-8(7)17-2/h3-5,13H,1-2H3,(H,12,14). The highest BCUT2D eigenvalue weighted by molar-refractivity contribution is 7.94. The molecule has 19 heavy (non-hydrogen) atoms. The number of ether oxygens (including phenoxy) is 1. The highest BCUT2D eigenvalue weighted by Crippen LogP contribution is 2.25. The van der Waals surface area contributed by atoms with Gasteiger partial charge in [-0.15, -0.1) is 0 Å². The third-order valence-electron chi connectivity index (χ3n) is 2.23. The lowest BCUT2D eigenvalue weighted by Gasteiger charge is -2.09. The van der Waals surface area contributed by atoms with Gasteiger partial charge in [-0.1, -0.05) is 11.3 Å². The fourth-order valence-corrected chi connectivity index (χ4v) is 3.83.